The molecule has 1 N–H and O–H groups in total. The molecule has 0 saturated heterocycles. The maximum Gasteiger partial charge on any atom is 0.251 e. The van der Waals surface area contributed by atoms with E-state index in [2.05, 4.69) is 53.1 Å². The topological polar surface area (TPSA) is 63.2 Å². The van der Waals surface area contributed by atoms with Crippen LogP contribution in [0.15, 0.2) is 29.2 Å². The highest BCUT2D eigenvalue weighted by atomic mass is 80.0. The van der Waals surface area contributed by atoms with Crippen LogP contribution in [0.4, 0.5) is 0 Å². The van der Waals surface area contributed by atoms with Crippen molar-refractivity contribution in [2.75, 3.05) is 34.2 Å². The fraction of sp³-hybridized carbons (Fsp3) is 0.462. The van der Waals surface area contributed by atoms with E-state index in [-0.39, 0.29) is 10.8 Å². The van der Waals surface area contributed by atoms with E-state index >= 15 is 0 Å². The number of nitrogens with zero attached hydrogens (tertiary/aromatic N) is 1. The van der Waals surface area contributed by atoms with Crippen LogP contribution in [0, 0.1) is 0 Å². The van der Waals surface area contributed by atoms with Gasteiger partial charge in [-0.2, -0.15) is 0 Å². The van der Waals surface area contributed by atoms with Crippen LogP contribution in [-0.2, 0) is 9.84 Å². The Morgan fingerprint density at radius 2 is 1.82 bits per heavy atom. The Balaban J connectivity index is 2.92. The molecule has 0 spiro atoms. The molecule has 0 aliphatic rings. The summed E-state index contributed by atoms with van der Waals surface area (Å²) in [4.78, 5) is 12.2. The molecule has 22 heavy (non-hydrogen) atoms. The molecule has 5 nitrogen and oxygen atoms in total. The van der Waals surface area contributed by atoms with Gasteiger partial charge in [0.15, 0.2) is 0 Å². The lowest BCUT2D eigenvalue weighted by molar-refractivity contribution is -0.869. The molecular weight excluding hydrogens is 504 g/mol. The number of hydrogen-bond donors (Lipinski definition) is 1. The first-order chi connectivity index (χ1) is 9.84. The highest BCUT2D eigenvalue weighted by Crippen LogP contribution is 2.43. The minimum absolute atomic E-state index is 0.0392. The Kier molecular flexibility index (Phi) is 6.66. The van der Waals surface area contributed by atoms with Crippen LogP contribution in [0.2, 0.25) is 0 Å². The first kappa shape index (κ1) is 20.1. The van der Waals surface area contributed by atoms with Gasteiger partial charge in [0.2, 0.25) is 11.3 Å². The molecule has 0 aliphatic heterocycles. The van der Waals surface area contributed by atoms with Crippen molar-refractivity contribution in [2.45, 2.75) is 6.37 Å². The summed E-state index contributed by atoms with van der Waals surface area (Å²) in [5.74, 6) is -0.296. The van der Waals surface area contributed by atoms with Crippen molar-refractivity contribution in [3.63, 3.8) is 0 Å². The minimum atomic E-state index is -3.71. The molecule has 9 heteroatoms. The Morgan fingerprint density at radius 1 is 1.23 bits per heavy atom. The average Bonchev–Trinajstić information content (AvgIpc) is 2.36. The molecule has 0 atom stereocenters. The van der Waals surface area contributed by atoms with Gasteiger partial charge in [0.25, 0.3) is 5.91 Å². The van der Waals surface area contributed by atoms with E-state index in [0.717, 1.165) is 11.0 Å². The van der Waals surface area contributed by atoms with E-state index in [1.807, 2.05) is 21.1 Å². The largest absolute Gasteiger partial charge is 0.346 e. The highest BCUT2D eigenvalue weighted by molar-refractivity contribution is 9.42. The molecule has 0 unspecified atom stereocenters. The minimum Gasteiger partial charge on any atom is -0.346 e. The van der Waals surface area contributed by atoms with Crippen molar-refractivity contribution < 1.29 is 17.7 Å². The number of carbonyl (C=O) groups is 1. The zero-order valence-electron chi connectivity index (χ0n) is 12.4. The number of likely N-dealkylation sites (N-methyl/N-ethyl adjacent to an activating group) is 1. The van der Waals surface area contributed by atoms with Crippen molar-refractivity contribution >= 4 is 63.5 Å². The number of quaternary nitrogens is 1. The van der Waals surface area contributed by atoms with E-state index in [1.165, 1.54) is 12.1 Å². The zero-order chi connectivity index (χ0) is 17.2. The van der Waals surface area contributed by atoms with Crippen molar-refractivity contribution in [3.05, 3.63) is 29.8 Å². The standard InChI is InChI=1S/C13H17Br3N2O3S/c1-18(2,3)8-7-17-12(19)10-5-4-6-11(9-10)22(20,21)13(14,15)16/h4-6,9H,7-8H2,1-3H3/p+1. The smallest absolute Gasteiger partial charge is 0.251 e. The van der Waals surface area contributed by atoms with Gasteiger partial charge in [0.05, 0.1) is 39.1 Å². The summed E-state index contributed by atoms with van der Waals surface area (Å²) >= 11 is 9.01. The Labute approximate surface area is 156 Å². The van der Waals surface area contributed by atoms with Gasteiger partial charge < -0.3 is 9.80 Å². The second-order valence-electron chi connectivity index (χ2n) is 5.75. The van der Waals surface area contributed by atoms with Crippen LogP contribution in [-0.4, -0.2) is 54.5 Å². The van der Waals surface area contributed by atoms with E-state index in [1.54, 1.807) is 12.1 Å². The summed E-state index contributed by atoms with van der Waals surface area (Å²) in [6.45, 7) is 1.29. The molecule has 0 fully saturated rings. The SMILES string of the molecule is C[N+](C)(C)CCNC(=O)c1cccc(S(=O)(=O)C(Br)(Br)Br)c1. The number of carbonyl (C=O) groups excluding carboxylic acids is 1. The van der Waals surface area contributed by atoms with Crippen LogP contribution in [0.25, 0.3) is 0 Å². The molecule has 0 aliphatic carbocycles. The van der Waals surface area contributed by atoms with Gasteiger partial charge in [0, 0.05) is 5.56 Å². The number of alkyl halides is 3. The number of nitrogens with one attached hydrogen (secondary N) is 1. The van der Waals surface area contributed by atoms with E-state index < -0.39 is 11.3 Å². The normalized spacial score (nSPS) is 13.0. The summed E-state index contributed by atoms with van der Waals surface area (Å²) in [7, 11) is 2.38. The van der Waals surface area contributed by atoms with Crippen molar-refractivity contribution in [1.82, 2.24) is 5.32 Å². The Hall–Kier alpha value is 0.0400. The van der Waals surface area contributed by atoms with Crippen molar-refractivity contribution in [3.8, 4) is 0 Å². The lowest BCUT2D eigenvalue weighted by atomic mass is 10.2. The van der Waals surface area contributed by atoms with Crippen molar-refractivity contribution in [2.24, 2.45) is 0 Å². The van der Waals surface area contributed by atoms with Gasteiger partial charge in [-0.05, 0) is 66.0 Å². The number of hydrogen-bond acceptors (Lipinski definition) is 3. The van der Waals surface area contributed by atoms with E-state index in [4.69, 9.17) is 0 Å². The first-order valence-corrected chi connectivity index (χ1v) is 10.2. The lowest BCUT2D eigenvalue weighted by Gasteiger charge is -2.23. The van der Waals surface area contributed by atoms with Gasteiger partial charge in [0.1, 0.15) is 0 Å². The summed E-state index contributed by atoms with van der Waals surface area (Å²) in [6.07, 6.45) is 0. The summed E-state index contributed by atoms with van der Waals surface area (Å²) in [5, 5.41) is 2.79. The highest BCUT2D eigenvalue weighted by Gasteiger charge is 2.37. The van der Waals surface area contributed by atoms with Gasteiger partial charge in [-0.3, -0.25) is 4.79 Å². The van der Waals surface area contributed by atoms with Crippen LogP contribution in [0.1, 0.15) is 10.4 Å². The molecule has 0 radical (unpaired) electrons. The number of rotatable bonds is 5. The fourth-order valence-electron chi connectivity index (χ4n) is 1.55. The molecule has 0 heterocycles. The van der Waals surface area contributed by atoms with E-state index in [9.17, 15) is 13.2 Å². The maximum atomic E-state index is 12.3. The molecule has 0 saturated carbocycles. The van der Waals surface area contributed by atoms with Gasteiger partial charge >= 0.3 is 0 Å². The number of sulfone groups is 1. The monoisotopic (exact) mass is 519 g/mol. The molecule has 0 bridgehead atoms. The summed E-state index contributed by atoms with van der Waals surface area (Å²) in [6, 6.07) is 5.92. The van der Waals surface area contributed by atoms with Crippen LogP contribution < -0.4 is 5.32 Å². The third kappa shape index (κ3) is 5.59. The van der Waals surface area contributed by atoms with Crippen LogP contribution >= 0.6 is 47.8 Å². The second-order valence-corrected chi connectivity index (χ2v) is 16.2. The van der Waals surface area contributed by atoms with Crippen LogP contribution in [0.5, 0.6) is 0 Å². The fourth-order valence-corrected chi connectivity index (χ4v) is 4.03. The molecule has 1 rings (SSSR count). The predicted molar refractivity (Wildman–Crippen MR) is 98.4 cm³/mol. The molecule has 1 amide bonds. The molecule has 1 aromatic carbocycles. The quantitative estimate of drug-likeness (QED) is 0.479. The van der Waals surface area contributed by atoms with Gasteiger partial charge in [-0.25, -0.2) is 8.42 Å². The maximum absolute atomic E-state index is 12.3. The Morgan fingerprint density at radius 3 is 2.32 bits per heavy atom. The average molecular weight is 522 g/mol. The number of amides is 1. The second kappa shape index (κ2) is 7.29. The zero-order valence-corrected chi connectivity index (χ0v) is 18.0. The number of benzene rings is 1. The molecular formula is C13H18Br3N2O3S+. The van der Waals surface area contributed by atoms with Crippen molar-refractivity contribution in [1.29, 1.82) is 0 Å². The Bertz CT molecular complexity index is 649. The molecule has 1 aromatic rings. The number of halogens is 3. The first-order valence-electron chi connectivity index (χ1n) is 6.35. The molecule has 124 valence electrons. The van der Waals surface area contributed by atoms with Gasteiger partial charge in [-0.1, -0.05) is 6.07 Å². The molecule has 0 aromatic heterocycles. The summed E-state index contributed by atoms with van der Waals surface area (Å²) < 4.78 is 23.9. The predicted octanol–water partition coefficient (Wildman–Crippen LogP) is 2.69. The summed E-state index contributed by atoms with van der Waals surface area (Å²) in [5.41, 5.74) is 0.305. The third-order valence-corrected chi connectivity index (χ3v) is 8.10. The lowest BCUT2D eigenvalue weighted by Crippen LogP contribution is -2.41. The van der Waals surface area contributed by atoms with E-state index in [0.29, 0.717) is 12.1 Å². The van der Waals surface area contributed by atoms with Gasteiger partial charge in [-0.15, -0.1) is 0 Å². The third-order valence-electron chi connectivity index (χ3n) is 2.78. The van der Waals surface area contributed by atoms with Crippen LogP contribution in [0.3, 0.4) is 0 Å².